The zero-order valence-corrected chi connectivity index (χ0v) is 19.7. The van der Waals surface area contributed by atoms with Crippen molar-refractivity contribution in [3.05, 3.63) is 53.1 Å². The van der Waals surface area contributed by atoms with Crippen molar-refractivity contribution in [1.82, 2.24) is 4.90 Å². The summed E-state index contributed by atoms with van der Waals surface area (Å²) in [6.45, 7) is 11.6. The Bertz CT molecular complexity index is 986. The zero-order valence-electron chi connectivity index (χ0n) is 19.7. The highest BCUT2D eigenvalue weighted by Crippen LogP contribution is 2.48. The maximum absolute atomic E-state index is 11.3. The molecule has 1 fully saturated rings. The number of hydrogen-bond acceptors (Lipinski definition) is 3. The van der Waals surface area contributed by atoms with Gasteiger partial charge in [-0.2, -0.15) is 0 Å². The predicted octanol–water partition coefficient (Wildman–Crippen LogP) is 5.97. The van der Waals surface area contributed by atoms with E-state index in [1.165, 1.54) is 29.5 Å². The molecule has 1 unspecified atom stereocenters. The van der Waals surface area contributed by atoms with Crippen molar-refractivity contribution in [3.63, 3.8) is 0 Å². The SMILES string of the molecule is CC(C(=O)O)c1ccc(-c2cc(CN(C)C3CC3)c3c(c2)C(C)(C)CC(C)(C)O3)cc1. The molecule has 0 bridgehead atoms. The number of benzene rings is 2. The molecule has 1 aliphatic heterocycles. The first-order valence-electron chi connectivity index (χ1n) is 11.4. The van der Waals surface area contributed by atoms with Crippen molar-refractivity contribution in [2.24, 2.45) is 0 Å². The van der Waals surface area contributed by atoms with Gasteiger partial charge in [0.1, 0.15) is 11.4 Å². The highest BCUT2D eigenvalue weighted by Gasteiger charge is 2.40. The summed E-state index contributed by atoms with van der Waals surface area (Å²) in [6, 6.07) is 13.2. The molecule has 2 aromatic carbocycles. The minimum Gasteiger partial charge on any atom is -0.487 e. The fourth-order valence-corrected chi connectivity index (χ4v) is 5.09. The van der Waals surface area contributed by atoms with Gasteiger partial charge in [-0.3, -0.25) is 9.69 Å². The number of carboxylic acids is 1. The molecule has 31 heavy (non-hydrogen) atoms. The number of hydrogen-bond donors (Lipinski definition) is 1. The number of aliphatic carboxylic acids is 1. The van der Waals surface area contributed by atoms with Gasteiger partial charge in [0.05, 0.1) is 5.92 Å². The molecule has 1 saturated carbocycles. The summed E-state index contributed by atoms with van der Waals surface area (Å²) >= 11 is 0. The molecule has 166 valence electrons. The van der Waals surface area contributed by atoms with Gasteiger partial charge in [0.15, 0.2) is 0 Å². The first kappa shape index (κ1) is 21.9. The number of ether oxygens (including phenoxy) is 1. The first-order valence-corrected chi connectivity index (χ1v) is 11.4. The number of fused-ring (bicyclic) bond motifs is 1. The third kappa shape index (κ3) is 4.50. The van der Waals surface area contributed by atoms with Crippen LogP contribution in [0.5, 0.6) is 5.75 Å². The molecule has 0 radical (unpaired) electrons. The minimum atomic E-state index is -0.798. The molecule has 4 heteroatoms. The van der Waals surface area contributed by atoms with Crippen molar-refractivity contribution in [1.29, 1.82) is 0 Å². The molecule has 0 amide bonds. The second-order valence-corrected chi connectivity index (χ2v) is 10.8. The van der Waals surface area contributed by atoms with Crippen LogP contribution in [0.3, 0.4) is 0 Å². The smallest absolute Gasteiger partial charge is 0.310 e. The standard InChI is InChI=1S/C27H35NO3/c1-17(25(29)30)18-7-9-19(10-8-18)20-13-21(15-28(6)22-11-12-22)24-23(14-20)26(2,3)16-27(4,5)31-24/h7-10,13-14,17,22H,11-12,15-16H2,1-6H3,(H,29,30). The van der Waals surface area contributed by atoms with Crippen LogP contribution < -0.4 is 4.74 Å². The second-order valence-electron chi connectivity index (χ2n) is 10.8. The van der Waals surface area contributed by atoms with Gasteiger partial charge in [-0.15, -0.1) is 0 Å². The monoisotopic (exact) mass is 421 g/mol. The summed E-state index contributed by atoms with van der Waals surface area (Å²) in [7, 11) is 2.21. The highest BCUT2D eigenvalue weighted by molar-refractivity contribution is 5.76. The average molecular weight is 422 g/mol. The zero-order chi connectivity index (χ0) is 22.6. The maximum atomic E-state index is 11.3. The molecule has 0 spiro atoms. The third-order valence-electron chi connectivity index (χ3n) is 6.85. The predicted molar refractivity (Wildman–Crippen MR) is 125 cm³/mol. The molecular formula is C27H35NO3. The molecule has 4 nitrogen and oxygen atoms in total. The summed E-state index contributed by atoms with van der Waals surface area (Å²) in [6.07, 6.45) is 3.52. The van der Waals surface area contributed by atoms with Gasteiger partial charge in [-0.25, -0.2) is 0 Å². The van der Waals surface area contributed by atoms with Crippen LogP contribution in [-0.4, -0.2) is 34.7 Å². The van der Waals surface area contributed by atoms with Gasteiger partial charge in [0.2, 0.25) is 0 Å². The van der Waals surface area contributed by atoms with Crippen molar-refractivity contribution in [2.45, 2.75) is 83.4 Å². The number of carbonyl (C=O) groups is 1. The van der Waals surface area contributed by atoms with E-state index in [-0.39, 0.29) is 11.0 Å². The van der Waals surface area contributed by atoms with Crippen LogP contribution in [0, 0.1) is 0 Å². The Morgan fingerprint density at radius 2 is 1.77 bits per heavy atom. The van der Waals surface area contributed by atoms with Crippen LogP contribution in [0.4, 0.5) is 0 Å². The summed E-state index contributed by atoms with van der Waals surface area (Å²) < 4.78 is 6.56. The van der Waals surface area contributed by atoms with Crippen LogP contribution >= 0.6 is 0 Å². The molecular weight excluding hydrogens is 386 g/mol. The van der Waals surface area contributed by atoms with Crippen LogP contribution in [0.15, 0.2) is 36.4 Å². The Labute approximate surface area is 186 Å². The van der Waals surface area contributed by atoms with Gasteiger partial charge in [0.25, 0.3) is 0 Å². The van der Waals surface area contributed by atoms with Crippen molar-refractivity contribution in [3.8, 4) is 16.9 Å². The van der Waals surface area contributed by atoms with Gasteiger partial charge in [0, 0.05) is 23.7 Å². The van der Waals surface area contributed by atoms with E-state index in [2.05, 4.69) is 51.8 Å². The van der Waals surface area contributed by atoms with E-state index in [0.717, 1.165) is 29.8 Å². The van der Waals surface area contributed by atoms with E-state index < -0.39 is 11.9 Å². The molecule has 1 N–H and O–H groups in total. The van der Waals surface area contributed by atoms with Crippen molar-refractivity contribution in [2.75, 3.05) is 7.05 Å². The lowest BCUT2D eigenvalue weighted by molar-refractivity contribution is -0.138. The largest absolute Gasteiger partial charge is 0.487 e. The molecule has 1 heterocycles. The second kappa shape index (κ2) is 7.67. The lowest BCUT2D eigenvalue weighted by Crippen LogP contribution is -2.42. The highest BCUT2D eigenvalue weighted by atomic mass is 16.5. The van der Waals surface area contributed by atoms with Crippen LogP contribution in [0.2, 0.25) is 0 Å². The quantitative estimate of drug-likeness (QED) is 0.624. The topological polar surface area (TPSA) is 49.8 Å². The fraction of sp³-hybridized carbons (Fsp3) is 0.519. The number of carboxylic acid groups (broad SMARTS) is 1. The van der Waals surface area contributed by atoms with E-state index in [1.807, 2.05) is 24.3 Å². The van der Waals surface area contributed by atoms with E-state index >= 15 is 0 Å². The average Bonchev–Trinajstić information content (AvgIpc) is 3.52. The Balaban J connectivity index is 1.78. The van der Waals surface area contributed by atoms with E-state index in [1.54, 1.807) is 6.92 Å². The molecule has 0 aromatic heterocycles. The van der Waals surface area contributed by atoms with E-state index in [4.69, 9.17) is 4.74 Å². The molecule has 2 aromatic rings. The lowest BCUT2D eigenvalue weighted by atomic mass is 9.72. The van der Waals surface area contributed by atoms with Gasteiger partial charge >= 0.3 is 5.97 Å². The number of rotatable bonds is 6. The Morgan fingerprint density at radius 3 is 2.35 bits per heavy atom. The van der Waals surface area contributed by atoms with Gasteiger partial charge < -0.3 is 9.84 Å². The van der Waals surface area contributed by atoms with Gasteiger partial charge in [-0.1, -0.05) is 38.1 Å². The minimum absolute atomic E-state index is 0.0117. The summed E-state index contributed by atoms with van der Waals surface area (Å²) in [4.78, 5) is 13.8. The Morgan fingerprint density at radius 1 is 1.13 bits per heavy atom. The van der Waals surface area contributed by atoms with Crippen molar-refractivity contribution >= 4 is 5.97 Å². The van der Waals surface area contributed by atoms with Crippen molar-refractivity contribution < 1.29 is 14.6 Å². The van der Waals surface area contributed by atoms with Gasteiger partial charge in [-0.05, 0) is 81.3 Å². The summed E-state index contributed by atoms with van der Waals surface area (Å²) in [5.41, 5.74) is 5.44. The van der Waals surface area contributed by atoms with E-state index in [0.29, 0.717) is 6.04 Å². The fourth-order valence-electron chi connectivity index (χ4n) is 5.09. The van der Waals surface area contributed by atoms with Crippen LogP contribution in [-0.2, 0) is 16.8 Å². The Hall–Kier alpha value is -2.33. The van der Waals surface area contributed by atoms with E-state index in [9.17, 15) is 9.90 Å². The number of nitrogens with zero attached hydrogens (tertiary/aromatic N) is 1. The Kier molecular flexibility index (Phi) is 5.41. The molecule has 1 atom stereocenters. The molecule has 4 rings (SSSR count). The summed E-state index contributed by atoms with van der Waals surface area (Å²) in [5, 5.41) is 9.31. The molecule has 2 aliphatic rings. The summed E-state index contributed by atoms with van der Waals surface area (Å²) in [5.74, 6) is -0.253. The van der Waals surface area contributed by atoms with Crippen LogP contribution in [0.1, 0.15) is 76.5 Å². The normalized spacial score (nSPS) is 20.1. The lowest BCUT2D eigenvalue weighted by Gasteiger charge is -2.43. The first-order chi connectivity index (χ1) is 14.5. The third-order valence-corrected chi connectivity index (χ3v) is 6.85. The molecule has 1 aliphatic carbocycles. The molecule has 0 saturated heterocycles. The van der Waals surface area contributed by atoms with Crippen LogP contribution in [0.25, 0.3) is 11.1 Å². The maximum Gasteiger partial charge on any atom is 0.310 e.